The molecule has 0 aliphatic rings. The Labute approximate surface area is 119 Å². The van der Waals surface area contributed by atoms with E-state index in [9.17, 15) is 4.79 Å². The zero-order chi connectivity index (χ0) is 14.3. The normalized spacial score (nSPS) is 12.2. The van der Waals surface area contributed by atoms with Gasteiger partial charge in [-0.1, -0.05) is 24.6 Å². The average Bonchev–Trinajstić information content (AvgIpc) is 2.39. The van der Waals surface area contributed by atoms with E-state index in [2.05, 4.69) is 17.6 Å². The van der Waals surface area contributed by atoms with Crippen molar-refractivity contribution >= 4 is 23.2 Å². The Hall–Kier alpha value is -1.10. The highest BCUT2D eigenvalue weighted by Gasteiger charge is 2.09. The van der Waals surface area contributed by atoms with Crippen LogP contribution < -0.4 is 10.6 Å². The van der Waals surface area contributed by atoms with E-state index in [0.717, 1.165) is 17.7 Å². The van der Waals surface area contributed by atoms with Crippen LogP contribution in [0, 0.1) is 6.92 Å². The Balaban J connectivity index is 2.48. The lowest BCUT2D eigenvalue weighted by Gasteiger charge is -2.16. The van der Waals surface area contributed by atoms with Gasteiger partial charge in [-0.25, -0.2) is 0 Å². The lowest BCUT2D eigenvalue weighted by Crippen LogP contribution is -2.38. The van der Waals surface area contributed by atoms with Crippen LogP contribution in [0.3, 0.4) is 0 Å². The molecule has 0 bridgehead atoms. The summed E-state index contributed by atoms with van der Waals surface area (Å²) in [4.78, 5) is 11.8. The van der Waals surface area contributed by atoms with E-state index in [1.54, 1.807) is 19.2 Å². The third-order valence-corrected chi connectivity index (χ3v) is 3.12. The number of aryl methyl sites for hydroxylation is 1. The van der Waals surface area contributed by atoms with Gasteiger partial charge in [0.1, 0.15) is 0 Å². The Morgan fingerprint density at radius 1 is 1.47 bits per heavy atom. The first-order valence-electron chi connectivity index (χ1n) is 6.35. The van der Waals surface area contributed by atoms with Crippen molar-refractivity contribution in [1.29, 1.82) is 0 Å². The van der Waals surface area contributed by atoms with E-state index >= 15 is 0 Å². The number of methoxy groups -OCH3 is 1. The predicted molar refractivity (Wildman–Crippen MR) is 78.8 cm³/mol. The van der Waals surface area contributed by atoms with Crippen molar-refractivity contribution in [3.63, 3.8) is 0 Å². The van der Waals surface area contributed by atoms with Crippen LogP contribution in [-0.2, 0) is 9.53 Å². The van der Waals surface area contributed by atoms with Gasteiger partial charge < -0.3 is 15.4 Å². The number of rotatable bonds is 7. The predicted octanol–water partition coefficient (Wildman–Crippen LogP) is 2.60. The molecule has 0 heterocycles. The molecule has 1 rings (SSSR count). The van der Waals surface area contributed by atoms with Crippen molar-refractivity contribution in [1.82, 2.24) is 5.32 Å². The van der Waals surface area contributed by atoms with Gasteiger partial charge in [0.25, 0.3) is 0 Å². The summed E-state index contributed by atoms with van der Waals surface area (Å²) in [5.74, 6) is -0.0834. The zero-order valence-electron chi connectivity index (χ0n) is 11.6. The Morgan fingerprint density at radius 2 is 2.21 bits per heavy atom. The number of anilines is 1. The van der Waals surface area contributed by atoms with Gasteiger partial charge in [-0.3, -0.25) is 4.79 Å². The van der Waals surface area contributed by atoms with Crippen LogP contribution >= 0.6 is 11.6 Å². The molecule has 4 nitrogen and oxygen atoms in total. The summed E-state index contributed by atoms with van der Waals surface area (Å²) in [6.07, 6.45) is 0.914. The summed E-state index contributed by atoms with van der Waals surface area (Å²) in [6, 6.07) is 5.62. The second-order valence-electron chi connectivity index (χ2n) is 4.45. The SMILES string of the molecule is CCC(COC)NCC(=O)Nc1cc(Cl)ccc1C. The number of carbonyl (C=O) groups excluding carboxylic acids is 1. The quantitative estimate of drug-likeness (QED) is 0.809. The van der Waals surface area contributed by atoms with E-state index in [4.69, 9.17) is 16.3 Å². The first-order valence-corrected chi connectivity index (χ1v) is 6.73. The minimum atomic E-state index is -0.0834. The number of carbonyl (C=O) groups is 1. The van der Waals surface area contributed by atoms with E-state index in [1.807, 2.05) is 13.0 Å². The molecule has 2 N–H and O–H groups in total. The molecule has 0 saturated carbocycles. The summed E-state index contributed by atoms with van der Waals surface area (Å²) in [6.45, 7) is 4.84. The molecule has 1 aromatic rings. The standard InChI is InChI=1S/C14H21ClN2O2/c1-4-12(9-19-3)16-8-14(18)17-13-7-11(15)6-5-10(13)2/h5-7,12,16H,4,8-9H2,1-3H3,(H,17,18). The largest absolute Gasteiger partial charge is 0.383 e. The van der Waals surface area contributed by atoms with E-state index in [-0.39, 0.29) is 18.5 Å². The molecule has 1 atom stereocenters. The Bertz CT molecular complexity index is 424. The van der Waals surface area contributed by atoms with Crippen LogP contribution in [0.15, 0.2) is 18.2 Å². The monoisotopic (exact) mass is 284 g/mol. The molecule has 0 fully saturated rings. The average molecular weight is 285 g/mol. The van der Waals surface area contributed by atoms with Crippen molar-refractivity contribution in [2.24, 2.45) is 0 Å². The van der Waals surface area contributed by atoms with Gasteiger partial charge in [-0.05, 0) is 31.0 Å². The second kappa shape index (κ2) is 8.15. The van der Waals surface area contributed by atoms with E-state index < -0.39 is 0 Å². The molecule has 0 aliphatic heterocycles. The van der Waals surface area contributed by atoms with Gasteiger partial charge >= 0.3 is 0 Å². The highest BCUT2D eigenvalue weighted by atomic mass is 35.5. The van der Waals surface area contributed by atoms with Crippen LogP contribution in [0.4, 0.5) is 5.69 Å². The van der Waals surface area contributed by atoms with Crippen LogP contribution in [0.1, 0.15) is 18.9 Å². The molecule has 5 heteroatoms. The molecular formula is C14H21ClN2O2. The third kappa shape index (κ3) is 5.59. The minimum absolute atomic E-state index is 0.0834. The molecule has 1 amide bonds. The lowest BCUT2D eigenvalue weighted by atomic mass is 10.2. The van der Waals surface area contributed by atoms with Gasteiger partial charge in [0.15, 0.2) is 0 Å². The molecule has 0 aromatic heterocycles. The number of amides is 1. The van der Waals surface area contributed by atoms with Gasteiger partial charge in [-0.2, -0.15) is 0 Å². The summed E-state index contributed by atoms with van der Waals surface area (Å²) in [7, 11) is 1.65. The van der Waals surface area contributed by atoms with Crippen molar-refractivity contribution in [3.05, 3.63) is 28.8 Å². The molecule has 1 aromatic carbocycles. The maximum atomic E-state index is 11.8. The van der Waals surface area contributed by atoms with E-state index in [1.165, 1.54) is 0 Å². The molecule has 0 spiro atoms. The summed E-state index contributed by atoms with van der Waals surface area (Å²) >= 11 is 5.91. The molecule has 1 unspecified atom stereocenters. The molecule has 19 heavy (non-hydrogen) atoms. The maximum Gasteiger partial charge on any atom is 0.238 e. The molecule has 0 aliphatic carbocycles. The summed E-state index contributed by atoms with van der Waals surface area (Å²) in [5, 5.41) is 6.61. The maximum absolute atomic E-state index is 11.8. The topological polar surface area (TPSA) is 50.4 Å². The summed E-state index contributed by atoms with van der Waals surface area (Å²) in [5.41, 5.74) is 1.74. The molecular weight excluding hydrogens is 264 g/mol. The first-order chi connectivity index (χ1) is 9.06. The number of hydrogen-bond donors (Lipinski definition) is 2. The van der Waals surface area contributed by atoms with Crippen LogP contribution in [0.5, 0.6) is 0 Å². The van der Waals surface area contributed by atoms with Crippen molar-refractivity contribution < 1.29 is 9.53 Å². The fraction of sp³-hybridized carbons (Fsp3) is 0.500. The van der Waals surface area contributed by atoms with E-state index in [0.29, 0.717) is 11.6 Å². The fourth-order valence-electron chi connectivity index (χ4n) is 1.68. The molecule has 0 saturated heterocycles. The van der Waals surface area contributed by atoms with Crippen LogP contribution in [0.25, 0.3) is 0 Å². The third-order valence-electron chi connectivity index (χ3n) is 2.89. The summed E-state index contributed by atoms with van der Waals surface area (Å²) < 4.78 is 5.07. The second-order valence-corrected chi connectivity index (χ2v) is 4.89. The highest BCUT2D eigenvalue weighted by Crippen LogP contribution is 2.19. The minimum Gasteiger partial charge on any atom is -0.383 e. The zero-order valence-corrected chi connectivity index (χ0v) is 12.4. The molecule has 106 valence electrons. The lowest BCUT2D eigenvalue weighted by molar-refractivity contribution is -0.115. The highest BCUT2D eigenvalue weighted by molar-refractivity contribution is 6.31. The smallest absolute Gasteiger partial charge is 0.238 e. The van der Waals surface area contributed by atoms with Gasteiger partial charge in [0.2, 0.25) is 5.91 Å². The van der Waals surface area contributed by atoms with Crippen molar-refractivity contribution in [3.8, 4) is 0 Å². The molecule has 0 radical (unpaired) electrons. The Morgan fingerprint density at radius 3 is 2.84 bits per heavy atom. The van der Waals surface area contributed by atoms with Crippen molar-refractivity contribution in [2.45, 2.75) is 26.3 Å². The fourth-order valence-corrected chi connectivity index (χ4v) is 1.85. The number of halogens is 1. The van der Waals surface area contributed by atoms with Crippen LogP contribution in [0.2, 0.25) is 5.02 Å². The van der Waals surface area contributed by atoms with Crippen LogP contribution in [-0.4, -0.2) is 32.2 Å². The van der Waals surface area contributed by atoms with Crippen molar-refractivity contribution in [2.75, 3.05) is 25.6 Å². The van der Waals surface area contributed by atoms with Gasteiger partial charge in [0.05, 0.1) is 13.2 Å². The number of nitrogens with one attached hydrogen (secondary N) is 2. The van der Waals surface area contributed by atoms with Gasteiger partial charge in [-0.15, -0.1) is 0 Å². The Kier molecular flexibility index (Phi) is 6.84. The number of hydrogen-bond acceptors (Lipinski definition) is 3. The first kappa shape index (κ1) is 16.0. The number of benzene rings is 1. The van der Waals surface area contributed by atoms with Gasteiger partial charge in [0, 0.05) is 23.9 Å². The number of ether oxygens (including phenoxy) is 1.